The van der Waals surface area contributed by atoms with Crippen LogP contribution in [0.5, 0.6) is 23.0 Å². The number of nitrogens with zero attached hydrogens (tertiary/aromatic N) is 2. The molecule has 0 saturated heterocycles. The van der Waals surface area contributed by atoms with Gasteiger partial charge in [0.15, 0.2) is 23.5 Å². The first-order valence-corrected chi connectivity index (χ1v) is 11.5. The number of phenols is 2. The number of allylic oxidation sites excluding steroid dienone is 1. The van der Waals surface area contributed by atoms with E-state index in [0.717, 1.165) is 18.3 Å². The predicted octanol–water partition coefficient (Wildman–Crippen LogP) is 1.53. The van der Waals surface area contributed by atoms with E-state index in [4.69, 9.17) is 14.2 Å². The number of hydrazone groups is 1. The second kappa shape index (κ2) is 12.5. The third-order valence-corrected chi connectivity index (χ3v) is 5.42. The molecule has 1 aliphatic rings. The minimum Gasteiger partial charge on any atom is -0.507 e. The van der Waals surface area contributed by atoms with Crippen LogP contribution in [0.1, 0.15) is 31.0 Å². The first-order chi connectivity index (χ1) is 18.5. The largest absolute Gasteiger partial charge is 0.507 e. The number of methoxy groups -OCH3 is 1. The number of nitro groups is 1. The summed E-state index contributed by atoms with van der Waals surface area (Å²) in [7, 11) is 1.24. The van der Waals surface area contributed by atoms with Crippen molar-refractivity contribution in [3.63, 3.8) is 0 Å². The van der Waals surface area contributed by atoms with Crippen molar-refractivity contribution < 1.29 is 44.0 Å². The predicted molar refractivity (Wildman–Crippen MR) is 135 cm³/mol. The van der Waals surface area contributed by atoms with Crippen molar-refractivity contribution in [1.29, 1.82) is 0 Å². The maximum Gasteiger partial charge on any atom is 0.337 e. The number of aromatic hydroxyl groups is 2. The van der Waals surface area contributed by atoms with Crippen LogP contribution in [0, 0.1) is 10.1 Å². The average Bonchev–Trinajstić information content (AvgIpc) is 2.88. The highest BCUT2D eigenvalue weighted by molar-refractivity contribution is 5.95. The summed E-state index contributed by atoms with van der Waals surface area (Å²) in [5.74, 6) is -1.25. The van der Waals surface area contributed by atoms with Crippen LogP contribution < -0.4 is 25.5 Å². The van der Waals surface area contributed by atoms with E-state index in [2.05, 4.69) is 21.2 Å². The number of esters is 1. The molecule has 0 aromatic heterocycles. The van der Waals surface area contributed by atoms with Gasteiger partial charge in [0, 0.05) is 23.4 Å². The lowest BCUT2D eigenvalue weighted by atomic mass is 9.95. The quantitative estimate of drug-likeness (QED) is 0.0782. The molecule has 2 aromatic rings. The Kier molecular flexibility index (Phi) is 9.11. The van der Waals surface area contributed by atoms with E-state index < -0.39 is 46.4 Å². The molecule has 0 spiro atoms. The zero-order chi connectivity index (χ0) is 28.7. The van der Waals surface area contributed by atoms with Crippen LogP contribution in [0.15, 0.2) is 46.7 Å². The number of carbonyl (C=O) groups is 2. The number of amides is 2. The van der Waals surface area contributed by atoms with Gasteiger partial charge in [-0.1, -0.05) is 6.07 Å². The Balaban J connectivity index is 1.72. The van der Waals surface area contributed by atoms with Gasteiger partial charge in [0.2, 0.25) is 0 Å². The Bertz CT molecular complexity index is 1330. The lowest BCUT2D eigenvalue weighted by molar-refractivity contribution is -0.385. The Hall–Kier alpha value is -5.05. The zero-order valence-corrected chi connectivity index (χ0v) is 21.1. The van der Waals surface area contributed by atoms with Crippen molar-refractivity contribution in [1.82, 2.24) is 16.1 Å². The number of nitrogens with one attached hydrogen (secondary N) is 3. The Labute approximate surface area is 221 Å². The number of urea groups is 1. The van der Waals surface area contributed by atoms with Crippen LogP contribution in [0.4, 0.5) is 10.5 Å². The number of aliphatic hydroxyl groups is 1. The Morgan fingerprint density at radius 3 is 2.64 bits per heavy atom. The fourth-order valence-corrected chi connectivity index (χ4v) is 3.65. The highest BCUT2D eigenvalue weighted by atomic mass is 16.6. The molecule has 0 saturated carbocycles. The normalized spacial score (nSPS) is 15.8. The second-order valence-corrected chi connectivity index (χ2v) is 8.07. The van der Waals surface area contributed by atoms with E-state index >= 15 is 0 Å². The number of carbonyl (C=O) groups excluding carboxylic acids is 2. The van der Waals surface area contributed by atoms with Gasteiger partial charge in [-0.2, -0.15) is 5.10 Å². The summed E-state index contributed by atoms with van der Waals surface area (Å²) < 4.78 is 16.1. The smallest absolute Gasteiger partial charge is 0.337 e. The molecule has 0 unspecified atom stereocenters. The summed E-state index contributed by atoms with van der Waals surface area (Å²) in [5, 5.41) is 49.5. The van der Waals surface area contributed by atoms with Crippen molar-refractivity contribution in [3.05, 3.63) is 62.8 Å². The third kappa shape index (κ3) is 6.84. The van der Waals surface area contributed by atoms with Crippen molar-refractivity contribution >= 4 is 23.9 Å². The van der Waals surface area contributed by atoms with Gasteiger partial charge < -0.3 is 40.2 Å². The van der Waals surface area contributed by atoms with Crippen LogP contribution in [0.3, 0.4) is 0 Å². The lowest BCUT2D eigenvalue weighted by Gasteiger charge is -2.28. The zero-order valence-electron chi connectivity index (χ0n) is 21.1. The molecule has 2 amide bonds. The van der Waals surface area contributed by atoms with Gasteiger partial charge in [-0.05, 0) is 31.5 Å². The van der Waals surface area contributed by atoms with Crippen molar-refractivity contribution in [2.45, 2.75) is 26.1 Å². The van der Waals surface area contributed by atoms with Gasteiger partial charge in [-0.15, -0.1) is 0 Å². The monoisotopic (exact) mass is 545 g/mol. The molecule has 0 fully saturated rings. The summed E-state index contributed by atoms with van der Waals surface area (Å²) in [6.45, 7) is 3.29. The molecule has 0 aliphatic carbocycles. The number of benzene rings is 2. The SMILES string of the molecule is CCOc1cc([C@H]2NC(=O)NC(C)=C2C(=O)OC)ccc1OC[C@H](O)N/N=C\c1cc([N+](=O)[O-])c(O)cc1O. The number of hydrogen-bond acceptors (Lipinski definition) is 12. The first kappa shape index (κ1) is 28.5. The standard InChI is InChI=1S/C24H27N5O10/c1-4-38-19-8-13(22-21(23(33)37-3)12(2)26-24(34)27-22)5-6-18(19)39-11-20(32)28-25-10-14-7-15(29(35)36)17(31)9-16(14)30/h5-10,20,22,28,30-32H,4,11H2,1-3H3,(H2,26,27,34)/b25-10-/t20-,22+/m0/s1. The average molecular weight is 546 g/mol. The topological polar surface area (TPSA) is 214 Å². The molecular formula is C24H27N5O10. The van der Waals surface area contributed by atoms with Crippen molar-refractivity contribution in [3.8, 4) is 23.0 Å². The maximum absolute atomic E-state index is 12.4. The molecule has 6 N–H and O–H groups in total. The van der Waals surface area contributed by atoms with E-state index in [1.807, 2.05) is 0 Å². The molecule has 39 heavy (non-hydrogen) atoms. The van der Waals surface area contributed by atoms with E-state index in [0.29, 0.717) is 11.3 Å². The van der Waals surface area contributed by atoms with Crippen LogP contribution in [-0.4, -0.2) is 65.0 Å². The van der Waals surface area contributed by atoms with Gasteiger partial charge in [0.05, 0.1) is 36.5 Å². The molecule has 0 bridgehead atoms. The highest BCUT2D eigenvalue weighted by Crippen LogP contribution is 2.35. The van der Waals surface area contributed by atoms with E-state index in [9.17, 15) is 35.0 Å². The van der Waals surface area contributed by atoms with E-state index in [1.54, 1.807) is 32.0 Å². The van der Waals surface area contributed by atoms with Crippen molar-refractivity contribution in [2.24, 2.45) is 5.10 Å². The number of hydrogen-bond donors (Lipinski definition) is 6. The second-order valence-electron chi connectivity index (χ2n) is 8.07. The molecule has 3 rings (SSSR count). The molecule has 0 radical (unpaired) electrons. The summed E-state index contributed by atoms with van der Waals surface area (Å²) in [6, 6.07) is 5.16. The van der Waals surface area contributed by atoms with Crippen LogP contribution in [0.2, 0.25) is 0 Å². The number of aliphatic hydroxyl groups excluding tert-OH is 1. The fraction of sp³-hybridized carbons (Fsp3) is 0.292. The van der Waals surface area contributed by atoms with Gasteiger partial charge in [-0.25, -0.2) is 9.59 Å². The van der Waals surface area contributed by atoms with E-state index in [-0.39, 0.29) is 35.8 Å². The molecule has 15 nitrogen and oxygen atoms in total. The van der Waals surface area contributed by atoms with Gasteiger partial charge in [0.1, 0.15) is 12.4 Å². The Morgan fingerprint density at radius 2 is 1.97 bits per heavy atom. The Morgan fingerprint density at radius 1 is 1.23 bits per heavy atom. The minimum atomic E-state index is -1.34. The highest BCUT2D eigenvalue weighted by Gasteiger charge is 2.32. The molecule has 1 aliphatic heterocycles. The summed E-state index contributed by atoms with van der Waals surface area (Å²) in [5.41, 5.74) is 2.73. The molecule has 2 atom stereocenters. The molecule has 208 valence electrons. The molecule has 2 aromatic carbocycles. The van der Waals surface area contributed by atoms with Gasteiger partial charge >= 0.3 is 17.7 Å². The number of rotatable bonds is 11. The van der Waals surface area contributed by atoms with Crippen LogP contribution in [-0.2, 0) is 9.53 Å². The molecule has 15 heteroatoms. The van der Waals surface area contributed by atoms with Crippen molar-refractivity contribution in [2.75, 3.05) is 20.3 Å². The number of ether oxygens (including phenoxy) is 3. The number of phenolic OH excluding ortho intramolecular Hbond substituents is 2. The van der Waals surface area contributed by atoms with Crippen LogP contribution in [0.25, 0.3) is 0 Å². The molecular weight excluding hydrogens is 518 g/mol. The lowest BCUT2D eigenvalue weighted by Crippen LogP contribution is -2.45. The van der Waals surface area contributed by atoms with Crippen LogP contribution >= 0.6 is 0 Å². The summed E-state index contributed by atoms with van der Waals surface area (Å²) >= 11 is 0. The number of nitro benzene ring substituents is 1. The van der Waals surface area contributed by atoms with Gasteiger partial charge in [0.25, 0.3) is 0 Å². The molecule has 1 heterocycles. The maximum atomic E-state index is 12.4. The van der Waals surface area contributed by atoms with Gasteiger partial charge in [-0.3, -0.25) is 15.5 Å². The third-order valence-electron chi connectivity index (χ3n) is 5.42. The summed E-state index contributed by atoms with van der Waals surface area (Å²) in [6.07, 6.45) is -0.322. The first-order valence-electron chi connectivity index (χ1n) is 11.5. The van der Waals surface area contributed by atoms with E-state index in [1.165, 1.54) is 7.11 Å². The fourth-order valence-electron chi connectivity index (χ4n) is 3.65. The summed E-state index contributed by atoms with van der Waals surface area (Å²) in [4.78, 5) is 34.5. The minimum absolute atomic E-state index is 0.0741.